The molecule has 0 fully saturated rings. The van der Waals surface area contributed by atoms with Crippen LogP contribution in [0.3, 0.4) is 0 Å². The van der Waals surface area contributed by atoms with Crippen LogP contribution in [-0.4, -0.2) is 35.0 Å². The Balaban J connectivity index is 1.90. The van der Waals surface area contributed by atoms with Gasteiger partial charge < -0.3 is 10.4 Å². The summed E-state index contributed by atoms with van der Waals surface area (Å²) < 4.78 is 38.6. The van der Waals surface area contributed by atoms with Gasteiger partial charge in [0.25, 0.3) is 5.91 Å². The summed E-state index contributed by atoms with van der Waals surface area (Å²) in [6.07, 6.45) is 1.34. The quantitative estimate of drug-likeness (QED) is 0.638. The highest BCUT2D eigenvalue weighted by Gasteiger charge is 2.19. The number of benzene rings is 2. The third-order valence-corrected chi connectivity index (χ3v) is 6.01. The number of phenolic OH excluding ortho intramolecular Hbond substituents is 1. The first-order chi connectivity index (χ1) is 13.2. The molecule has 146 valence electrons. The van der Waals surface area contributed by atoms with Gasteiger partial charge in [0.2, 0.25) is 0 Å². The van der Waals surface area contributed by atoms with Crippen molar-refractivity contribution < 1.29 is 22.7 Å². The van der Waals surface area contributed by atoms with Gasteiger partial charge in [-0.3, -0.25) is 4.79 Å². The van der Waals surface area contributed by atoms with Crippen molar-refractivity contribution in [2.75, 3.05) is 11.1 Å². The van der Waals surface area contributed by atoms with E-state index in [0.717, 1.165) is 0 Å². The molecule has 0 bridgehead atoms. The van der Waals surface area contributed by atoms with E-state index in [9.17, 15) is 22.7 Å². The second-order valence-electron chi connectivity index (χ2n) is 6.07. The van der Waals surface area contributed by atoms with Gasteiger partial charge in [-0.1, -0.05) is 6.92 Å². The summed E-state index contributed by atoms with van der Waals surface area (Å²) >= 11 is 0. The maximum absolute atomic E-state index is 13.1. The molecular formula is C19H18FN3O4S. The van der Waals surface area contributed by atoms with Crippen molar-refractivity contribution in [3.05, 3.63) is 65.7 Å². The average molecular weight is 403 g/mol. The molecule has 2 aromatic carbocycles. The highest BCUT2D eigenvalue weighted by Crippen LogP contribution is 2.28. The van der Waals surface area contributed by atoms with Crippen LogP contribution in [0.15, 0.2) is 53.6 Å². The van der Waals surface area contributed by atoms with Crippen molar-refractivity contribution >= 4 is 21.4 Å². The lowest BCUT2D eigenvalue weighted by atomic mass is 10.2. The van der Waals surface area contributed by atoms with E-state index in [2.05, 4.69) is 10.4 Å². The molecule has 0 unspecified atom stereocenters. The molecule has 9 heteroatoms. The Labute approximate surface area is 161 Å². The van der Waals surface area contributed by atoms with Gasteiger partial charge in [-0.05, 0) is 49.4 Å². The predicted octanol–water partition coefficient (Wildman–Crippen LogP) is 3.07. The van der Waals surface area contributed by atoms with E-state index in [0.29, 0.717) is 11.4 Å². The fraction of sp³-hybridized carbons (Fsp3) is 0.158. The average Bonchev–Trinajstić information content (AvgIpc) is 3.05. The normalized spacial score (nSPS) is 11.4. The van der Waals surface area contributed by atoms with Crippen LogP contribution in [0.5, 0.6) is 5.75 Å². The van der Waals surface area contributed by atoms with Gasteiger partial charge in [0, 0.05) is 0 Å². The molecule has 0 spiro atoms. The number of anilines is 1. The van der Waals surface area contributed by atoms with Crippen molar-refractivity contribution in [1.29, 1.82) is 0 Å². The first-order valence-electron chi connectivity index (χ1n) is 8.40. The Morgan fingerprint density at radius 3 is 2.54 bits per heavy atom. The van der Waals surface area contributed by atoms with Crippen molar-refractivity contribution in [1.82, 2.24) is 9.78 Å². The molecule has 0 aliphatic heterocycles. The molecule has 0 saturated heterocycles. The molecule has 0 aliphatic rings. The van der Waals surface area contributed by atoms with Crippen molar-refractivity contribution in [2.24, 2.45) is 0 Å². The van der Waals surface area contributed by atoms with Crippen LogP contribution in [0, 0.1) is 12.7 Å². The van der Waals surface area contributed by atoms with E-state index < -0.39 is 15.7 Å². The first-order valence-corrected chi connectivity index (χ1v) is 10.1. The van der Waals surface area contributed by atoms with Crippen molar-refractivity contribution in [3.8, 4) is 11.4 Å². The van der Waals surface area contributed by atoms with Crippen molar-refractivity contribution in [3.63, 3.8) is 0 Å². The number of amides is 1. The number of phenols is 1. The number of hydrogen-bond donors (Lipinski definition) is 2. The van der Waals surface area contributed by atoms with Crippen LogP contribution in [0.4, 0.5) is 10.1 Å². The van der Waals surface area contributed by atoms with Gasteiger partial charge in [0.1, 0.15) is 11.6 Å². The zero-order valence-electron chi connectivity index (χ0n) is 15.2. The van der Waals surface area contributed by atoms with Crippen LogP contribution < -0.4 is 5.32 Å². The summed E-state index contributed by atoms with van der Waals surface area (Å²) in [5.41, 5.74) is 1.29. The lowest BCUT2D eigenvalue weighted by Crippen LogP contribution is -2.14. The molecule has 0 atom stereocenters. The monoisotopic (exact) mass is 403 g/mol. The Hall–Kier alpha value is -3.20. The fourth-order valence-electron chi connectivity index (χ4n) is 2.64. The largest absolute Gasteiger partial charge is 0.506 e. The minimum Gasteiger partial charge on any atom is -0.506 e. The molecule has 3 aromatic rings. The van der Waals surface area contributed by atoms with Gasteiger partial charge in [-0.25, -0.2) is 17.5 Å². The minimum absolute atomic E-state index is 0.00169. The minimum atomic E-state index is -3.49. The van der Waals surface area contributed by atoms with E-state index in [-0.39, 0.29) is 33.5 Å². The maximum atomic E-state index is 13.1. The smallest absolute Gasteiger partial charge is 0.259 e. The molecule has 1 amide bonds. The molecule has 3 rings (SSSR count). The summed E-state index contributed by atoms with van der Waals surface area (Å²) in [6, 6.07) is 9.34. The number of carbonyl (C=O) groups is 1. The fourth-order valence-corrected chi connectivity index (χ4v) is 3.55. The Morgan fingerprint density at radius 2 is 1.89 bits per heavy atom. The number of nitrogens with one attached hydrogen (secondary N) is 1. The molecule has 0 saturated carbocycles. The summed E-state index contributed by atoms with van der Waals surface area (Å²) in [7, 11) is -3.49. The molecule has 28 heavy (non-hydrogen) atoms. The van der Waals surface area contributed by atoms with Gasteiger partial charge in [0.15, 0.2) is 9.84 Å². The lowest BCUT2D eigenvalue weighted by molar-refractivity contribution is 0.102. The number of aromatic hydroxyl groups is 1. The summed E-state index contributed by atoms with van der Waals surface area (Å²) in [4.78, 5) is 12.6. The molecule has 2 N–H and O–H groups in total. The summed E-state index contributed by atoms with van der Waals surface area (Å²) in [5, 5.41) is 16.6. The van der Waals surface area contributed by atoms with Gasteiger partial charge in [-0.2, -0.15) is 5.10 Å². The molecule has 0 radical (unpaired) electrons. The van der Waals surface area contributed by atoms with E-state index >= 15 is 0 Å². The number of rotatable bonds is 5. The van der Waals surface area contributed by atoms with Gasteiger partial charge >= 0.3 is 0 Å². The van der Waals surface area contributed by atoms with E-state index in [1.165, 1.54) is 60.3 Å². The molecular weight excluding hydrogens is 385 g/mol. The van der Waals surface area contributed by atoms with E-state index in [1.807, 2.05) is 0 Å². The third kappa shape index (κ3) is 3.74. The summed E-state index contributed by atoms with van der Waals surface area (Å²) in [5.74, 6) is -1.31. The zero-order chi connectivity index (χ0) is 20.5. The molecule has 7 nitrogen and oxygen atoms in total. The zero-order valence-corrected chi connectivity index (χ0v) is 16.0. The number of sulfone groups is 1. The second kappa shape index (κ2) is 7.43. The third-order valence-electron chi connectivity index (χ3n) is 4.28. The first kappa shape index (κ1) is 19.6. The Kier molecular flexibility index (Phi) is 5.19. The maximum Gasteiger partial charge on any atom is 0.259 e. The summed E-state index contributed by atoms with van der Waals surface area (Å²) in [6.45, 7) is 3.18. The lowest BCUT2D eigenvalue weighted by Gasteiger charge is -2.10. The van der Waals surface area contributed by atoms with Gasteiger partial charge in [-0.15, -0.1) is 0 Å². The number of halogens is 1. The van der Waals surface area contributed by atoms with Gasteiger partial charge in [0.05, 0.1) is 39.5 Å². The standard InChI is InChI=1S/C19H18FN3O4S/c1-3-28(26,27)15-8-9-18(24)17(10-15)22-19(25)16-11-21-23(12(16)2)14-6-4-13(20)5-7-14/h4-11,24H,3H2,1-2H3,(H,22,25). The van der Waals surface area contributed by atoms with Crippen LogP contribution in [0.2, 0.25) is 0 Å². The Bertz CT molecular complexity index is 1140. The molecule has 0 aliphatic carbocycles. The predicted molar refractivity (Wildman–Crippen MR) is 102 cm³/mol. The molecule has 1 heterocycles. The van der Waals surface area contributed by atoms with Crippen LogP contribution >= 0.6 is 0 Å². The topological polar surface area (TPSA) is 101 Å². The highest BCUT2D eigenvalue weighted by molar-refractivity contribution is 7.91. The van der Waals surface area contributed by atoms with E-state index in [4.69, 9.17) is 0 Å². The SMILES string of the molecule is CCS(=O)(=O)c1ccc(O)c(NC(=O)c2cnn(-c3ccc(F)cc3)c2C)c1. The number of nitrogens with zero attached hydrogens (tertiary/aromatic N) is 2. The van der Waals surface area contributed by atoms with Crippen LogP contribution in [0.25, 0.3) is 5.69 Å². The molecule has 1 aromatic heterocycles. The number of carbonyl (C=O) groups excluding carboxylic acids is 1. The van der Waals surface area contributed by atoms with Crippen LogP contribution in [-0.2, 0) is 9.84 Å². The van der Waals surface area contributed by atoms with E-state index in [1.54, 1.807) is 6.92 Å². The number of aromatic nitrogens is 2. The number of hydrogen-bond acceptors (Lipinski definition) is 5. The highest BCUT2D eigenvalue weighted by atomic mass is 32.2. The Morgan fingerprint density at radius 1 is 1.21 bits per heavy atom. The van der Waals surface area contributed by atoms with Crippen LogP contribution in [0.1, 0.15) is 23.0 Å². The van der Waals surface area contributed by atoms with Crippen molar-refractivity contribution in [2.45, 2.75) is 18.7 Å². The second-order valence-corrected chi connectivity index (χ2v) is 8.35.